The number of carbonyl (C=O) groups excluding carboxylic acids is 2. The molecule has 2 aliphatic carbocycles. The van der Waals surface area contributed by atoms with E-state index in [1.54, 1.807) is 6.92 Å². The molecule has 0 heterocycles. The van der Waals surface area contributed by atoms with E-state index >= 15 is 0 Å². The highest BCUT2D eigenvalue weighted by Crippen LogP contribution is 2.41. The summed E-state index contributed by atoms with van der Waals surface area (Å²) < 4.78 is 10.3. The van der Waals surface area contributed by atoms with Crippen molar-refractivity contribution >= 4 is 12.1 Å². The van der Waals surface area contributed by atoms with Crippen molar-refractivity contribution in [1.82, 2.24) is 5.32 Å². The van der Waals surface area contributed by atoms with Gasteiger partial charge in [-0.25, -0.2) is 9.59 Å². The number of alkyl carbamates (subject to hydrolysis) is 1. The van der Waals surface area contributed by atoms with E-state index in [0.717, 1.165) is 32.2 Å². The van der Waals surface area contributed by atoms with E-state index in [-0.39, 0.29) is 19.1 Å². The van der Waals surface area contributed by atoms with Gasteiger partial charge >= 0.3 is 12.1 Å². The van der Waals surface area contributed by atoms with Crippen LogP contribution in [0.25, 0.3) is 0 Å². The van der Waals surface area contributed by atoms with Crippen molar-refractivity contribution in [3.63, 3.8) is 0 Å². The van der Waals surface area contributed by atoms with Gasteiger partial charge in [-0.15, -0.1) is 13.2 Å². The van der Waals surface area contributed by atoms with Gasteiger partial charge in [-0.05, 0) is 68.7 Å². The lowest BCUT2D eigenvalue weighted by Gasteiger charge is -2.16. The third-order valence-electron chi connectivity index (χ3n) is 6.52. The average molecular weight is 431 g/mol. The molecule has 6 nitrogen and oxygen atoms in total. The molecule has 172 valence electrons. The lowest BCUT2D eigenvalue weighted by molar-refractivity contribution is -0.138. The molecule has 0 aromatic heterocycles. The number of amides is 1. The molecular weight excluding hydrogens is 392 g/mol. The van der Waals surface area contributed by atoms with Gasteiger partial charge in [0, 0.05) is 11.5 Å². The fourth-order valence-electron chi connectivity index (χ4n) is 4.69. The zero-order chi connectivity index (χ0) is 22.8. The molecule has 1 amide bonds. The van der Waals surface area contributed by atoms with Crippen molar-refractivity contribution in [3.8, 4) is 0 Å². The van der Waals surface area contributed by atoms with Crippen LogP contribution in [0.5, 0.6) is 0 Å². The molecule has 0 saturated heterocycles. The van der Waals surface area contributed by atoms with Gasteiger partial charge in [-0.3, -0.25) is 0 Å². The Labute approximate surface area is 186 Å². The Kier molecular flexibility index (Phi) is 10.0. The fraction of sp³-hybridized carbons (Fsp3) is 0.600. The quantitative estimate of drug-likeness (QED) is 0.224. The number of ether oxygens (including phenoxy) is 2. The number of esters is 1. The SMILES string of the molecule is C=CC1CC(/C=C\C2CC(C=C)C(COC(=O)NCCOC(=O)C(=C)C)C2)C(CN)C1. The van der Waals surface area contributed by atoms with Gasteiger partial charge in [-0.2, -0.15) is 0 Å². The van der Waals surface area contributed by atoms with Crippen molar-refractivity contribution in [2.24, 2.45) is 41.2 Å². The van der Waals surface area contributed by atoms with Crippen LogP contribution in [-0.2, 0) is 14.3 Å². The first-order valence-corrected chi connectivity index (χ1v) is 11.2. The highest BCUT2D eigenvalue weighted by atomic mass is 16.6. The van der Waals surface area contributed by atoms with Crippen molar-refractivity contribution < 1.29 is 19.1 Å². The number of allylic oxidation sites excluding steroid dienone is 4. The minimum Gasteiger partial charge on any atom is -0.460 e. The average Bonchev–Trinajstić information content (AvgIpc) is 3.36. The van der Waals surface area contributed by atoms with Crippen LogP contribution in [0.4, 0.5) is 4.79 Å². The summed E-state index contributed by atoms with van der Waals surface area (Å²) in [6.45, 7) is 14.3. The first-order valence-electron chi connectivity index (χ1n) is 11.2. The third-order valence-corrected chi connectivity index (χ3v) is 6.52. The Morgan fingerprint density at radius 1 is 1.00 bits per heavy atom. The predicted molar refractivity (Wildman–Crippen MR) is 123 cm³/mol. The normalized spacial score (nSPS) is 30.1. The Balaban J connectivity index is 1.74. The van der Waals surface area contributed by atoms with Crippen LogP contribution in [0.2, 0.25) is 0 Å². The van der Waals surface area contributed by atoms with Crippen LogP contribution in [0.15, 0.2) is 49.6 Å². The minimum absolute atomic E-state index is 0.0873. The fourth-order valence-corrected chi connectivity index (χ4v) is 4.69. The van der Waals surface area contributed by atoms with E-state index in [1.165, 1.54) is 0 Å². The molecule has 6 atom stereocenters. The Hall–Kier alpha value is -2.34. The van der Waals surface area contributed by atoms with Crippen molar-refractivity contribution in [2.75, 3.05) is 26.3 Å². The lowest BCUT2D eigenvalue weighted by atomic mass is 9.93. The zero-order valence-corrected chi connectivity index (χ0v) is 18.8. The molecule has 2 saturated carbocycles. The second-order valence-electron chi connectivity index (χ2n) is 8.84. The first-order chi connectivity index (χ1) is 14.9. The summed E-state index contributed by atoms with van der Waals surface area (Å²) in [6.07, 6.45) is 12.5. The molecule has 0 radical (unpaired) electrons. The van der Waals surface area contributed by atoms with Gasteiger partial charge < -0.3 is 20.5 Å². The molecule has 6 unspecified atom stereocenters. The van der Waals surface area contributed by atoms with E-state index in [2.05, 4.69) is 43.3 Å². The van der Waals surface area contributed by atoms with Crippen LogP contribution in [0.1, 0.15) is 32.6 Å². The monoisotopic (exact) mass is 430 g/mol. The number of nitrogens with two attached hydrogens (primary N) is 1. The summed E-state index contributed by atoms with van der Waals surface area (Å²) in [5.74, 6) is 2.20. The molecule has 6 heteroatoms. The zero-order valence-electron chi connectivity index (χ0n) is 18.8. The second-order valence-corrected chi connectivity index (χ2v) is 8.84. The molecule has 31 heavy (non-hydrogen) atoms. The predicted octanol–water partition coefficient (Wildman–Crippen LogP) is 4.00. The third kappa shape index (κ3) is 7.69. The second kappa shape index (κ2) is 12.5. The Morgan fingerprint density at radius 3 is 2.35 bits per heavy atom. The van der Waals surface area contributed by atoms with Crippen LogP contribution >= 0.6 is 0 Å². The highest BCUT2D eigenvalue weighted by molar-refractivity contribution is 5.86. The van der Waals surface area contributed by atoms with Gasteiger partial charge in [0.25, 0.3) is 0 Å². The van der Waals surface area contributed by atoms with Crippen LogP contribution in [0, 0.1) is 35.5 Å². The van der Waals surface area contributed by atoms with Crippen molar-refractivity contribution in [1.29, 1.82) is 0 Å². The number of carbonyl (C=O) groups is 2. The smallest absolute Gasteiger partial charge is 0.407 e. The number of hydrogen-bond donors (Lipinski definition) is 2. The van der Waals surface area contributed by atoms with E-state index in [9.17, 15) is 9.59 Å². The summed E-state index contributed by atoms with van der Waals surface area (Å²) in [7, 11) is 0. The molecule has 2 aliphatic rings. The van der Waals surface area contributed by atoms with Gasteiger partial charge in [-0.1, -0.05) is 30.9 Å². The largest absolute Gasteiger partial charge is 0.460 e. The van der Waals surface area contributed by atoms with Gasteiger partial charge in [0.05, 0.1) is 13.2 Å². The van der Waals surface area contributed by atoms with Gasteiger partial charge in [0.2, 0.25) is 0 Å². The van der Waals surface area contributed by atoms with E-state index < -0.39 is 12.1 Å². The minimum atomic E-state index is -0.500. The maximum atomic E-state index is 11.9. The summed E-state index contributed by atoms with van der Waals surface area (Å²) in [6, 6.07) is 0. The molecule has 3 N–H and O–H groups in total. The topological polar surface area (TPSA) is 90.6 Å². The lowest BCUT2D eigenvalue weighted by Crippen LogP contribution is -2.30. The molecule has 0 aliphatic heterocycles. The maximum absolute atomic E-state index is 11.9. The van der Waals surface area contributed by atoms with Crippen LogP contribution in [-0.4, -0.2) is 38.4 Å². The van der Waals surface area contributed by atoms with Crippen LogP contribution < -0.4 is 11.1 Å². The standard InChI is InChI=1S/C25H38N2O4/c1-5-18-11-21(22(12-18)15-26)8-7-19-13-20(6-2)23(14-19)16-31-25(29)27-9-10-30-24(28)17(3)4/h5-8,18-23H,1-3,9-16,26H2,4H3,(H,27,29)/b8-7-. The molecule has 0 aromatic carbocycles. The van der Waals surface area contributed by atoms with Crippen LogP contribution in [0.3, 0.4) is 0 Å². The van der Waals surface area contributed by atoms with E-state index in [1.807, 2.05) is 6.08 Å². The van der Waals surface area contributed by atoms with Crippen molar-refractivity contribution in [3.05, 3.63) is 49.6 Å². The highest BCUT2D eigenvalue weighted by Gasteiger charge is 2.33. The maximum Gasteiger partial charge on any atom is 0.407 e. The summed E-state index contributed by atoms with van der Waals surface area (Å²) in [4.78, 5) is 23.2. The number of rotatable bonds is 11. The van der Waals surface area contributed by atoms with Gasteiger partial charge in [0.1, 0.15) is 6.61 Å². The molecule has 2 rings (SSSR count). The molecule has 2 fully saturated rings. The summed E-state index contributed by atoms with van der Waals surface area (Å²) in [5, 5.41) is 2.60. The summed E-state index contributed by atoms with van der Waals surface area (Å²) >= 11 is 0. The Bertz CT molecular complexity index is 687. The van der Waals surface area contributed by atoms with Gasteiger partial charge in [0.15, 0.2) is 0 Å². The van der Waals surface area contributed by atoms with E-state index in [4.69, 9.17) is 15.2 Å². The molecule has 0 aromatic rings. The first kappa shape index (κ1) is 24.9. The number of nitrogens with one attached hydrogen (secondary N) is 1. The molecular formula is C25H38N2O4. The number of hydrogen-bond acceptors (Lipinski definition) is 5. The van der Waals surface area contributed by atoms with E-state index in [0.29, 0.717) is 41.8 Å². The molecule has 0 spiro atoms. The van der Waals surface area contributed by atoms with Crippen molar-refractivity contribution in [2.45, 2.75) is 32.6 Å². The Morgan fingerprint density at radius 2 is 1.71 bits per heavy atom. The molecule has 0 bridgehead atoms. The summed E-state index contributed by atoms with van der Waals surface area (Å²) in [5.41, 5.74) is 6.29.